The van der Waals surface area contributed by atoms with Gasteiger partial charge in [-0.05, 0) is 44.3 Å². The summed E-state index contributed by atoms with van der Waals surface area (Å²) in [6.45, 7) is 4.98. The predicted molar refractivity (Wildman–Crippen MR) is 94.6 cm³/mol. The standard InChI is InChI=1S/C18H20N6O/c1-13-11-16(17(25)24-9-7-23(2)8-10-24)22-18(20-13)21-15-5-3-14(12-19)4-6-15/h3-6,11H,7-10H2,1-2H3,(H,20,21,22). The first-order valence-corrected chi connectivity index (χ1v) is 8.16. The van der Waals surface area contributed by atoms with Crippen LogP contribution in [0.1, 0.15) is 21.7 Å². The highest BCUT2D eigenvalue weighted by Crippen LogP contribution is 2.16. The number of nitriles is 1. The highest BCUT2D eigenvalue weighted by molar-refractivity contribution is 5.92. The van der Waals surface area contributed by atoms with Gasteiger partial charge in [0.15, 0.2) is 0 Å². The first-order chi connectivity index (χ1) is 12.0. The number of nitrogens with one attached hydrogen (secondary N) is 1. The van der Waals surface area contributed by atoms with Crippen LogP contribution in [0, 0.1) is 18.3 Å². The van der Waals surface area contributed by atoms with Gasteiger partial charge in [-0.25, -0.2) is 9.97 Å². The van der Waals surface area contributed by atoms with Gasteiger partial charge >= 0.3 is 0 Å². The van der Waals surface area contributed by atoms with Crippen molar-refractivity contribution in [2.75, 3.05) is 38.5 Å². The Bertz CT molecular complexity index is 803. The summed E-state index contributed by atoms with van der Waals surface area (Å²) in [5.74, 6) is 0.309. The van der Waals surface area contributed by atoms with Gasteiger partial charge in [-0.1, -0.05) is 0 Å². The van der Waals surface area contributed by atoms with E-state index in [-0.39, 0.29) is 5.91 Å². The molecule has 7 nitrogen and oxygen atoms in total. The second-order valence-electron chi connectivity index (χ2n) is 6.13. The highest BCUT2D eigenvalue weighted by Gasteiger charge is 2.22. The van der Waals surface area contributed by atoms with E-state index in [9.17, 15) is 4.79 Å². The molecule has 0 atom stereocenters. The maximum atomic E-state index is 12.7. The molecule has 1 aromatic carbocycles. The number of anilines is 2. The smallest absolute Gasteiger partial charge is 0.272 e. The van der Waals surface area contributed by atoms with Crippen LogP contribution in [0.25, 0.3) is 0 Å². The van der Waals surface area contributed by atoms with Gasteiger partial charge in [-0.3, -0.25) is 4.79 Å². The summed E-state index contributed by atoms with van der Waals surface area (Å²) in [5.41, 5.74) is 2.47. The zero-order chi connectivity index (χ0) is 17.8. The van der Waals surface area contributed by atoms with Crippen molar-refractivity contribution >= 4 is 17.5 Å². The van der Waals surface area contributed by atoms with E-state index in [0.717, 1.165) is 24.5 Å². The highest BCUT2D eigenvalue weighted by atomic mass is 16.2. The zero-order valence-corrected chi connectivity index (χ0v) is 14.4. The lowest BCUT2D eigenvalue weighted by molar-refractivity contribution is 0.0658. The molecule has 0 spiro atoms. The Morgan fingerprint density at radius 3 is 2.48 bits per heavy atom. The van der Waals surface area contributed by atoms with Gasteiger partial charge in [0, 0.05) is 37.6 Å². The van der Waals surface area contributed by atoms with Crippen molar-refractivity contribution in [3.05, 3.63) is 47.3 Å². The number of rotatable bonds is 3. The summed E-state index contributed by atoms with van der Waals surface area (Å²) >= 11 is 0. The maximum absolute atomic E-state index is 12.7. The second-order valence-corrected chi connectivity index (χ2v) is 6.13. The van der Waals surface area contributed by atoms with Crippen LogP contribution in [0.4, 0.5) is 11.6 Å². The lowest BCUT2D eigenvalue weighted by atomic mass is 10.2. The van der Waals surface area contributed by atoms with Crippen molar-refractivity contribution in [1.29, 1.82) is 5.26 Å². The largest absolute Gasteiger partial charge is 0.335 e. The van der Waals surface area contributed by atoms with Gasteiger partial charge in [-0.15, -0.1) is 0 Å². The Labute approximate surface area is 146 Å². The summed E-state index contributed by atoms with van der Waals surface area (Å²) in [7, 11) is 2.05. The van der Waals surface area contributed by atoms with Gasteiger partial charge in [0.2, 0.25) is 5.95 Å². The molecule has 2 aromatic rings. The molecular formula is C18H20N6O. The molecule has 2 heterocycles. The van der Waals surface area contributed by atoms with Crippen LogP contribution < -0.4 is 5.32 Å². The third-order valence-corrected chi connectivity index (χ3v) is 4.13. The molecule has 25 heavy (non-hydrogen) atoms. The molecule has 1 N–H and O–H groups in total. The molecule has 1 fully saturated rings. The number of aryl methyl sites for hydroxylation is 1. The maximum Gasteiger partial charge on any atom is 0.272 e. The average Bonchev–Trinajstić information content (AvgIpc) is 2.62. The Kier molecular flexibility index (Phi) is 4.91. The number of hydrogen-bond donors (Lipinski definition) is 1. The van der Waals surface area contributed by atoms with E-state index >= 15 is 0 Å². The van der Waals surface area contributed by atoms with E-state index in [0.29, 0.717) is 30.3 Å². The van der Waals surface area contributed by atoms with E-state index in [2.05, 4.69) is 33.3 Å². The molecule has 0 radical (unpaired) electrons. The average molecular weight is 336 g/mol. The first-order valence-electron chi connectivity index (χ1n) is 8.16. The van der Waals surface area contributed by atoms with Crippen LogP contribution in [0.2, 0.25) is 0 Å². The number of carbonyl (C=O) groups is 1. The number of aromatic nitrogens is 2. The third kappa shape index (κ3) is 4.11. The fraction of sp³-hybridized carbons (Fsp3) is 0.333. The van der Waals surface area contributed by atoms with Crippen molar-refractivity contribution < 1.29 is 4.79 Å². The number of benzene rings is 1. The summed E-state index contributed by atoms with van der Waals surface area (Å²) < 4.78 is 0. The Morgan fingerprint density at radius 1 is 1.16 bits per heavy atom. The minimum absolute atomic E-state index is 0.0681. The van der Waals surface area contributed by atoms with Gasteiger partial charge < -0.3 is 15.1 Å². The molecule has 1 aliphatic rings. The lowest BCUT2D eigenvalue weighted by Crippen LogP contribution is -2.47. The number of amides is 1. The van der Waals surface area contributed by atoms with Gasteiger partial charge in [0.25, 0.3) is 5.91 Å². The molecule has 1 aliphatic heterocycles. The molecule has 1 aromatic heterocycles. The van der Waals surface area contributed by atoms with Crippen LogP contribution in [0.3, 0.4) is 0 Å². The topological polar surface area (TPSA) is 85.2 Å². The third-order valence-electron chi connectivity index (χ3n) is 4.13. The van der Waals surface area contributed by atoms with Crippen molar-refractivity contribution in [3.8, 4) is 6.07 Å². The molecule has 0 aliphatic carbocycles. The monoisotopic (exact) mass is 336 g/mol. The Morgan fingerprint density at radius 2 is 1.84 bits per heavy atom. The summed E-state index contributed by atoms with van der Waals surface area (Å²) in [6.07, 6.45) is 0. The molecule has 7 heteroatoms. The summed E-state index contributed by atoms with van der Waals surface area (Å²) in [5, 5.41) is 11.9. The fourth-order valence-corrected chi connectivity index (χ4v) is 2.66. The number of hydrogen-bond acceptors (Lipinski definition) is 6. The molecule has 3 rings (SSSR count). The Balaban J connectivity index is 1.77. The van der Waals surface area contributed by atoms with Crippen molar-refractivity contribution in [3.63, 3.8) is 0 Å². The fourth-order valence-electron chi connectivity index (χ4n) is 2.66. The van der Waals surface area contributed by atoms with E-state index < -0.39 is 0 Å². The van der Waals surface area contributed by atoms with Crippen LogP contribution in [-0.2, 0) is 0 Å². The molecular weight excluding hydrogens is 316 g/mol. The van der Waals surface area contributed by atoms with Crippen molar-refractivity contribution in [2.45, 2.75) is 6.92 Å². The van der Waals surface area contributed by atoms with E-state index in [4.69, 9.17) is 5.26 Å². The van der Waals surface area contributed by atoms with Gasteiger partial charge in [0.05, 0.1) is 11.6 Å². The lowest BCUT2D eigenvalue weighted by Gasteiger charge is -2.32. The van der Waals surface area contributed by atoms with Crippen molar-refractivity contribution in [1.82, 2.24) is 19.8 Å². The van der Waals surface area contributed by atoms with Crippen molar-refractivity contribution in [2.24, 2.45) is 0 Å². The normalized spacial score (nSPS) is 14.8. The van der Waals surface area contributed by atoms with E-state index in [1.807, 2.05) is 11.8 Å². The van der Waals surface area contributed by atoms with Crippen LogP contribution in [0.15, 0.2) is 30.3 Å². The zero-order valence-electron chi connectivity index (χ0n) is 14.4. The molecule has 0 unspecified atom stereocenters. The van der Waals surface area contributed by atoms with Crippen LogP contribution >= 0.6 is 0 Å². The number of nitrogens with zero attached hydrogens (tertiary/aromatic N) is 5. The molecule has 0 bridgehead atoms. The van der Waals surface area contributed by atoms with Gasteiger partial charge in [-0.2, -0.15) is 5.26 Å². The predicted octanol–water partition coefficient (Wildman–Crippen LogP) is 1.79. The van der Waals surface area contributed by atoms with E-state index in [1.165, 1.54) is 0 Å². The molecule has 1 amide bonds. The number of likely N-dealkylation sites (N-methyl/N-ethyl adjacent to an activating group) is 1. The van der Waals surface area contributed by atoms with Crippen LogP contribution in [-0.4, -0.2) is 58.9 Å². The van der Waals surface area contributed by atoms with Crippen LogP contribution in [0.5, 0.6) is 0 Å². The number of carbonyl (C=O) groups excluding carboxylic acids is 1. The first kappa shape index (κ1) is 16.9. The second kappa shape index (κ2) is 7.28. The molecule has 0 saturated carbocycles. The molecule has 128 valence electrons. The minimum atomic E-state index is -0.0681. The van der Waals surface area contributed by atoms with Gasteiger partial charge in [0.1, 0.15) is 5.69 Å². The minimum Gasteiger partial charge on any atom is -0.335 e. The Hall–Kier alpha value is -2.98. The summed E-state index contributed by atoms with van der Waals surface area (Å²) in [4.78, 5) is 25.4. The van der Waals surface area contributed by atoms with E-state index in [1.54, 1.807) is 30.3 Å². The quantitative estimate of drug-likeness (QED) is 0.920. The summed E-state index contributed by atoms with van der Waals surface area (Å²) in [6, 6.07) is 10.8. The number of piperazine rings is 1. The SMILES string of the molecule is Cc1cc(C(=O)N2CCN(C)CC2)nc(Nc2ccc(C#N)cc2)n1. The molecule has 1 saturated heterocycles.